The van der Waals surface area contributed by atoms with Crippen molar-refractivity contribution in [3.8, 4) is 0 Å². The fraction of sp³-hybridized carbons (Fsp3) is 0.652. The molecule has 0 aromatic heterocycles. The molecule has 0 aliphatic heterocycles. The molecule has 0 heterocycles. The van der Waals surface area contributed by atoms with E-state index in [1.807, 2.05) is 0 Å². The van der Waals surface area contributed by atoms with Crippen LogP contribution in [0, 0.1) is 52.9 Å². The van der Waals surface area contributed by atoms with Crippen LogP contribution in [0.3, 0.4) is 0 Å². The fourth-order valence-electron chi connectivity index (χ4n) is 9.56. The first-order valence-corrected chi connectivity index (χ1v) is 26.7. The van der Waals surface area contributed by atoms with Crippen molar-refractivity contribution < 1.29 is 74.0 Å². The average Bonchev–Trinajstić information content (AvgIpc) is 3.19. The third-order valence-corrected chi connectivity index (χ3v) is 15.5. The van der Waals surface area contributed by atoms with Crippen molar-refractivity contribution in [2.45, 2.75) is 171 Å². The first-order chi connectivity index (χ1) is 30.2. The van der Waals surface area contributed by atoms with E-state index < -0.39 is 99.8 Å². The monoisotopic (exact) mass is 1020 g/mol. The van der Waals surface area contributed by atoms with Gasteiger partial charge in [0.25, 0.3) is 0 Å². The highest BCUT2D eigenvalue weighted by Gasteiger charge is 2.70. The Hall–Kier alpha value is -2.64. The van der Waals surface area contributed by atoms with Crippen molar-refractivity contribution in [3.63, 3.8) is 0 Å². The Morgan fingerprint density at radius 2 is 0.682 bits per heavy atom. The van der Waals surface area contributed by atoms with Gasteiger partial charge < -0.3 is 0 Å². The first-order valence-electron chi connectivity index (χ1n) is 22.8. The number of allylic oxidation sites excluding steroid dienone is 2. The minimum Gasteiger partial charge on any atom is -0.208 e. The quantitative estimate of drug-likeness (QED) is 0.0726. The molecule has 4 rings (SSSR count). The van der Waals surface area contributed by atoms with Gasteiger partial charge in [-0.05, 0) is 93.4 Å². The van der Waals surface area contributed by atoms with Crippen LogP contribution >= 0.6 is 20.4 Å². The summed E-state index contributed by atoms with van der Waals surface area (Å²) in [5.41, 5.74) is -2.42. The van der Waals surface area contributed by atoms with Gasteiger partial charge in [0.2, 0.25) is 0 Å². The van der Waals surface area contributed by atoms with Crippen LogP contribution in [0.1, 0.15) is 172 Å². The summed E-state index contributed by atoms with van der Waals surface area (Å²) in [7, 11) is -21.5. The summed E-state index contributed by atoms with van der Waals surface area (Å²) in [6.07, 6.45) is 20.3. The molecule has 0 saturated heterocycles. The van der Waals surface area contributed by atoms with Crippen molar-refractivity contribution in [2.24, 2.45) is 29.6 Å². The maximum absolute atomic E-state index is 14.9. The van der Waals surface area contributed by atoms with Crippen LogP contribution in [-0.4, -0.2) is 0 Å². The topological polar surface area (TPSA) is 0 Å². The van der Waals surface area contributed by atoms with E-state index >= 15 is 0 Å². The van der Waals surface area contributed by atoms with Crippen molar-refractivity contribution in [2.75, 3.05) is 0 Å². The van der Waals surface area contributed by atoms with Gasteiger partial charge in [0, 0.05) is 23.0 Å². The van der Waals surface area contributed by atoms with Gasteiger partial charge in [0.05, 0.1) is 0 Å². The molecular formula is C46H60F18S2. The molecule has 20 heteroatoms. The predicted octanol–water partition coefficient (Wildman–Crippen LogP) is 22.0. The van der Waals surface area contributed by atoms with E-state index in [1.165, 1.54) is 0 Å². The van der Waals surface area contributed by atoms with Gasteiger partial charge in [-0.2, -0.15) is 0 Å². The lowest BCUT2D eigenvalue weighted by Gasteiger charge is -2.40. The molecular weight excluding hydrogens is 959 g/mol. The lowest BCUT2D eigenvalue weighted by molar-refractivity contribution is 0.257. The summed E-state index contributed by atoms with van der Waals surface area (Å²) in [6, 6.07) is -1.06. The molecule has 0 spiro atoms. The van der Waals surface area contributed by atoms with E-state index in [0.29, 0.717) is 31.6 Å². The van der Waals surface area contributed by atoms with Crippen LogP contribution in [0.5, 0.6) is 0 Å². The zero-order valence-electron chi connectivity index (χ0n) is 36.8. The molecule has 2 aromatic carbocycles. The van der Waals surface area contributed by atoms with Gasteiger partial charge in [0.15, 0.2) is 21.4 Å². The molecule has 0 nitrogen and oxygen atoms in total. The number of unbranched alkanes of at least 4 members (excludes halogenated alkanes) is 10. The van der Waals surface area contributed by atoms with E-state index in [9.17, 15) is 74.0 Å². The lowest BCUT2D eigenvalue weighted by Crippen LogP contribution is -2.16. The molecule has 66 heavy (non-hydrogen) atoms. The molecule has 0 amide bonds. The summed E-state index contributed by atoms with van der Waals surface area (Å²) in [4.78, 5) is -6.77. The van der Waals surface area contributed by atoms with Gasteiger partial charge in [0.1, 0.15) is 34.9 Å². The molecule has 382 valence electrons. The predicted molar refractivity (Wildman–Crippen MR) is 228 cm³/mol. The standard InChI is InChI=1S/C46H60F18S2/c1-30(14-10-6-2-4-8-12-16-31-18-22-33(23-19-31)41(51)43(53)35-26-37(47)45(38(48)27-35)65(55,56,57,58)59)15-11-7-3-5-9-13-17-32-20-24-34(25-21-32)42(52)44(54)36-28-39(49)46(40(50)29-36)66(60,61,62,63)64/h26-34H,2-25H2,1H3/b43-41+,44-42+. The molecule has 0 unspecified atom stereocenters. The van der Waals surface area contributed by atoms with Crippen LogP contribution in [0.2, 0.25) is 0 Å². The van der Waals surface area contributed by atoms with Gasteiger partial charge >= 0.3 is 20.4 Å². The van der Waals surface area contributed by atoms with Crippen molar-refractivity contribution in [1.82, 2.24) is 0 Å². The Bertz CT molecular complexity index is 1820. The minimum atomic E-state index is -10.7. The zero-order valence-corrected chi connectivity index (χ0v) is 38.4. The number of halogens is 18. The Kier molecular flexibility index (Phi) is 17.6. The summed E-state index contributed by atoms with van der Waals surface area (Å²) in [5.74, 6) is -17.8. The Balaban J connectivity index is 0.985. The first kappa shape index (κ1) is 56.0. The van der Waals surface area contributed by atoms with Gasteiger partial charge in [-0.1, -0.05) is 149 Å². The van der Waals surface area contributed by atoms with E-state index in [1.54, 1.807) is 0 Å². The molecule has 0 N–H and O–H groups in total. The number of rotatable bonds is 24. The van der Waals surface area contributed by atoms with Crippen LogP contribution in [0.15, 0.2) is 45.7 Å². The maximum atomic E-state index is 14.9. The number of hydrogen-bond acceptors (Lipinski definition) is 0. The Morgan fingerprint density at radius 1 is 0.424 bits per heavy atom. The van der Waals surface area contributed by atoms with E-state index in [4.69, 9.17) is 0 Å². The third-order valence-electron chi connectivity index (χ3n) is 13.2. The van der Waals surface area contributed by atoms with Crippen LogP contribution in [-0.2, 0) is 0 Å². The van der Waals surface area contributed by atoms with Gasteiger partial charge in [-0.15, -0.1) is 0 Å². The largest absolute Gasteiger partial charge is 0.315 e. The molecule has 2 aliphatic rings. The van der Waals surface area contributed by atoms with Crippen molar-refractivity contribution in [3.05, 3.63) is 70.3 Å². The smallest absolute Gasteiger partial charge is 0.208 e. The highest BCUT2D eigenvalue weighted by atomic mass is 32.5. The van der Waals surface area contributed by atoms with Gasteiger partial charge in [-0.25, -0.2) is 35.1 Å². The molecule has 0 atom stereocenters. The van der Waals surface area contributed by atoms with Crippen molar-refractivity contribution in [1.29, 1.82) is 0 Å². The molecule has 2 aromatic rings. The highest BCUT2D eigenvalue weighted by Crippen LogP contribution is 3.03. The average molecular weight is 1020 g/mol. The number of hydrogen-bond donors (Lipinski definition) is 0. The summed E-state index contributed by atoms with van der Waals surface area (Å²) in [6.45, 7) is 2.26. The van der Waals surface area contributed by atoms with Crippen LogP contribution < -0.4 is 0 Å². The molecule has 2 saturated carbocycles. The number of benzene rings is 2. The molecule has 0 bridgehead atoms. The minimum absolute atomic E-state index is 0.236. The van der Waals surface area contributed by atoms with E-state index in [0.717, 1.165) is 103 Å². The highest BCUT2D eigenvalue weighted by molar-refractivity contribution is 8.46. The maximum Gasteiger partial charge on any atom is 0.315 e. The Morgan fingerprint density at radius 3 is 0.955 bits per heavy atom. The zero-order chi connectivity index (χ0) is 49.4. The van der Waals surface area contributed by atoms with Crippen molar-refractivity contribution >= 4 is 32.1 Å². The summed E-state index contributed by atoms with van der Waals surface area (Å²) >= 11 is 0. The van der Waals surface area contributed by atoms with Gasteiger partial charge in [-0.3, -0.25) is 0 Å². The normalized spacial score (nSPS) is 23.3. The fourth-order valence-corrected chi connectivity index (χ4v) is 11.3. The molecule has 2 aliphatic carbocycles. The summed E-state index contributed by atoms with van der Waals surface area (Å²) in [5, 5.41) is 0. The summed E-state index contributed by atoms with van der Waals surface area (Å²) < 4.78 is 245. The second-order valence-electron chi connectivity index (χ2n) is 18.7. The lowest BCUT2D eigenvalue weighted by atomic mass is 9.79. The third kappa shape index (κ3) is 16.8. The van der Waals surface area contributed by atoms with E-state index in [2.05, 4.69) is 6.92 Å². The van der Waals surface area contributed by atoms with Crippen LogP contribution in [0.25, 0.3) is 11.7 Å². The van der Waals surface area contributed by atoms with Crippen LogP contribution in [0.4, 0.5) is 74.0 Å². The second kappa shape index (κ2) is 20.8. The molecule has 0 radical (unpaired) electrons. The Labute approximate surface area is 375 Å². The second-order valence-corrected chi connectivity index (χ2v) is 23.4. The molecule has 2 fully saturated rings. The SMILES string of the molecule is CC(CCCCCCCCC1CCC(/C(F)=C(\F)c2cc(F)c(S(F)(F)(F)(F)F)c(F)c2)CC1)CCCCCCCCC1CCC(/C(F)=C(\F)c2cc(F)c(S(F)(F)(F)(F)F)c(F)c2)CC1. The van der Waals surface area contributed by atoms with E-state index in [-0.39, 0.29) is 61.8 Å².